The first-order valence-corrected chi connectivity index (χ1v) is 7.11. The highest BCUT2D eigenvalue weighted by atomic mass is 16.5. The third-order valence-corrected chi connectivity index (χ3v) is 4.47. The number of nitrogens with zero attached hydrogens (tertiary/aromatic N) is 1. The third kappa shape index (κ3) is 2.91. The average molecular weight is 280 g/mol. The molecule has 0 aromatic heterocycles. The summed E-state index contributed by atoms with van der Waals surface area (Å²) in [7, 11) is 7.50. The molecule has 0 saturated carbocycles. The molecule has 0 saturated heterocycles. The van der Waals surface area contributed by atoms with Crippen LogP contribution in [-0.2, 0) is 0 Å². The molecule has 0 bridgehead atoms. The first-order valence-electron chi connectivity index (χ1n) is 7.11. The maximum Gasteiger partial charge on any atom is 0.123 e. The molecule has 0 radical (unpaired) electrons. The number of nitrogens with two attached hydrogens (primary N) is 1. The van der Waals surface area contributed by atoms with Gasteiger partial charge in [-0.2, -0.15) is 0 Å². The highest BCUT2D eigenvalue weighted by Gasteiger charge is 2.37. The fraction of sp³-hybridized carbons (Fsp3) is 0.625. The van der Waals surface area contributed by atoms with Crippen molar-refractivity contribution in [3.8, 4) is 11.5 Å². The van der Waals surface area contributed by atoms with Crippen LogP contribution in [0.15, 0.2) is 18.2 Å². The highest BCUT2D eigenvalue weighted by molar-refractivity contribution is 5.43. The zero-order valence-electron chi connectivity index (χ0n) is 13.6. The molecule has 2 N–H and O–H groups in total. The maximum atomic E-state index is 6.62. The summed E-state index contributed by atoms with van der Waals surface area (Å²) < 4.78 is 10.8. The Labute approximate surface area is 122 Å². The number of hydrogen-bond donors (Lipinski definition) is 1. The minimum absolute atomic E-state index is 0.0976. The van der Waals surface area contributed by atoms with Gasteiger partial charge in [-0.05, 0) is 45.1 Å². The molecule has 0 amide bonds. The Morgan fingerprint density at radius 2 is 1.75 bits per heavy atom. The van der Waals surface area contributed by atoms with E-state index in [4.69, 9.17) is 15.2 Å². The van der Waals surface area contributed by atoms with Crippen LogP contribution < -0.4 is 15.2 Å². The van der Waals surface area contributed by atoms with Crippen molar-refractivity contribution in [2.45, 2.75) is 38.3 Å². The van der Waals surface area contributed by atoms with Crippen LogP contribution in [0.5, 0.6) is 11.5 Å². The molecule has 114 valence electrons. The van der Waals surface area contributed by atoms with E-state index in [9.17, 15) is 0 Å². The number of methoxy groups -OCH3 is 2. The van der Waals surface area contributed by atoms with Crippen molar-refractivity contribution < 1.29 is 9.47 Å². The lowest BCUT2D eigenvalue weighted by atomic mass is 9.80. The number of benzene rings is 1. The summed E-state index contributed by atoms with van der Waals surface area (Å²) in [6.45, 7) is 4.35. The van der Waals surface area contributed by atoms with Gasteiger partial charge < -0.3 is 20.1 Å². The molecule has 0 aliphatic carbocycles. The second-order valence-corrected chi connectivity index (χ2v) is 5.29. The molecule has 0 aliphatic rings. The molecule has 1 atom stereocenters. The lowest BCUT2D eigenvalue weighted by Crippen LogP contribution is -2.51. The van der Waals surface area contributed by atoms with Crippen LogP contribution in [-0.4, -0.2) is 38.8 Å². The Bertz CT molecular complexity index is 428. The first kappa shape index (κ1) is 16.8. The van der Waals surface area contributed by atoms with E-state index in [0.717, 1.165) is 29.9 Å². The van der Waals surface area contributed by atoms with Gasteiger partial charge in [0.15, 0.2) is 0 Å². The molecular formula is C16H28N2O2. The van der Waals surface area contributed by atoms with Gasteiger partial charge >= 0.3 is 0 Å². The zero-order chi connectivity index (χ0) is 15.3. The van der Waals surface area contributed by atoms with Gasteiger partial charge in [-0.15, -0.1) is 0 Å². The van der Waals surface area contributed by atoms with Gasteiger partial charge in [-0.3, -0.25) is 0 Å². The van der Waals surface area contributed by atoms with Crippen LogP contribution >= 0.6 is 0 Å². The Morgan fingerprint density at radius 3 is 2.15 bits per heavy atom. The second kappa shape index (κ2) is 6.95. The summed E-state index contributed by atoms with van der Waals surface area (Å²) in [4.78, 5) is 2.22. The fourth-order valence-electron chi connectivity index (χ4n) is 2.97. The number of likely N-dealkylation sites (N-methyl/N-ethyl adjacent to an activating group) is 1. The monoisotopic (exact) mass is 280 g/mol. The molecule has 1 unspecified atom stereocenters. The third-order valence-electron chi connectivity index (χ3n) is 4.47. The van der Waals surface area contributed by atoms with Gasteiger partial charge in [0.05, 0.1) is 20.3 Å². The van der Waals surface area contributed by atoms with E-state index < -0.39 is 0 Å². The molecule has 1 aromatic carbocycles. The molecule has 0 fully saturated rings. The van der Waals surface area contributed by atoms with Crippen molar-refractivity contribution in [1.29, 1.82) is 0 Å². The van der Waals surface area contributed by atoms with Crippen molar-refractivity contribution in [2.75, 3.05) is 28.3 Å². The molecular weight excluding hydrogens is 252 g/mol. The summed E-state index contributed by atoms with van der Waals surface area (Å²) in [5.74, 6) is 1.61. The van der Waals surface area contributed by atoms with Gasteiger partial charge in [0.2, 0.25) is 0 Å². The average Bonchev–Trinajstić information content (AvgIpc) is 2.47. The quantitative estimate of drug-likeness (QED) is 0.834. The van der Waals surface area contributed by atoms with Gasteiger partial charge in [0.25, 0.3) is 0 Å². The SMILES string of the molecule is CCC(CC)(C(N)c1cc(OC)ccc1OC)N(C)C. The predicted octanol–water partition coefficient (Wildman–Crippen LogP) is 2.82. The largest absolute Gasteiger partial charge is 0.497 e. The van der Waals surface area contributed by atoms with E-state index in [1.165, 1.54) is 0 Å². The van der Waals surface area contributed by atoms with E-state index in [-0.39, 0.29) is 11.6 Å². The summed E-state index contributed by atoms with van der Waals surface area (Å²) >= 11 is 0. The Balaban J connectivity index is 3.33. The van der Waals surface area contributed by atoms with E-state index in [1.807, 2.05) is 18.2 Å². The van der Waals surface area contributed by atoms with Crippen LogP contribution in [0.4, 0.5) is 0 Å². The van der Waals surface area contributed by atoms with Crippen molar-refractivity contribution in [3.05, 3.63) is 23.8 Å². The Kier molecular flexibility index (Phi) is 5.84. The summed E-state index contributed by atoms with van der Waals surface area (Å²) in [5, 5.41) is 0. The first-order chi connectivity index (χ1) is 9.46. The molecule has 0 spiro atoms. The molecule has 4 nitrogen and oxygen atoms in total. The van der Waals surface area contributed by atoms with E-state index in [2.05, 4.69) is 32.8 Å². The Hall–Kier alpha value is -1.26. The molecule has 1 aromatic rings. The second-order valence-electron chi connectivity index (χ2n) is 5.29. The predicted molar refractivity (Wildman–Crippen MR) is 83.5 cm³/mol. The summed E-state index contributed by atoms with van der Waals surface area (Å²) in [6.07, 6.45) is 1.94. The van der Waals surface area contributed by atoms with Crippen LogP contribution in [0.25, 0.3) is 0 Å². The van der Waals surface area contributed by atoms with Gasteiger partial charge in [0.1, 0.15) is 11.5 Å². The lowest BCUT2D eigenvalue weighted by Gasteiger charge is -2.44. The van der Waals surface area contributed by atoms with Gasteiger partial charge in [0, 0.05) is 11.1 Å². The van der Waals surface area contributed by atoms with Crippen LogP contribution in [0.3, 0.4) is 0 Å². The van der Waals surface area contributed by atoms with Gasteiger partial charge in [-0.25, -0.2) is 0 Å². The minimum Gasteiger partial charge on any atom is -0.497 e. The topological polar surface area (TPSA) is 47.7 Å². The molecule has 20 heavy (non-hydrogen) atoms. The molecule has 4 heteroatoms. The van der Waals surface area contributed by atoms with Crippen molar-refractivity contribution in [1.82, 2.24) is 4.90 Å². The standard InChI is InChI=1S/C16H28N2O2/c1-7-16(8-2,18(3)4)15(17)13-11-12(19-5)9-10-14(13)20-6/h9-11,15H,7-8,17H2,1-6H3. The van der Waals surface area contributed by atoms with Crippen LogP contribution in [0.1, 0.15) is 38.3 Å². The molecule has 0 aliphatic heterocycles. The van der Waals surface area contributed by atoms with Crippen molar-refractivity contribution >= 4 is 0 Å². The number of ether oxygens (including phenoxy) is 2. The highest BCUT2D eigenvalue weighted by Crippen LogP contribution is 2.39. The Morgan fingerprint density at radius 1 is 1.15 bits per heavy atom. The van der Waals surface area contributed by atoms with E-state index >= 15 is 0 Å². The molecule has 0 heterocycles. The minimum atomic E-state index is -0.141. The normalized spacial score (nSPS) is 13.4. The van der Waals surface area contributed by atoms with Crippen LogP contribution in [0.2, 0.25) is 0 Å². The van der Waals surface area contributed by atoms with E-state index in [0.29, 0.717) is 0 Å². The van der Waals surface area contributed by atoms with Crippen molar-refractivity contribution in [2.24, 2.45) is 5.73 Å². The fourth-order valence-corrected chi connectivity index (χ4v) is 2.97. The summed E-state index contributed by atoms with van der Waals surface area (Å²) in [6, 6.07) is 5.65. The zero-order valence-corrected chi connectivity index (χ0v) is 13.6. The number of rotatable bonds is 7. The number of hydrogen-bond acceptors (Lipinski definition) is 4. The maximum absolute atomic E-state index is 6.62. The lowest BCUT2D eigenvalue weighted by molar-refractivity contribution is 0.104. The van der Waals surface area contributed by atoms with Crippen molar-refractivity contribution in [3.63, 3.8) is 0 Å². The van der Waals surface area contributed by atoms with Crippen LogP contribution in [0, 0.1) is 0 Å². The van der Waals surface area contributed by atoms with E-state index in [1.54, 1.807) is 14.2 Å². The van der Waals surface area contributed by atoms with Gasteiger partial charge in [-0.1, -0.05) is 13.8 Å². The molecule has 1 rings (SSSR count). The smallest absolute Gasteiger partial charge is 0.123 e. The summed E-state index contributed by atoms with van der Waals surface area (Å²) in [5.41, 5.74) is 7.51.